The summed E-state index contributed by atoms with van der Waals surface area (Å²) in [6, 6.07) is 0.817. The summed E-state index contributed by atoms with van der Waals surface area (Å²) in [5.41, 5.74) is -0.0460. The third kappa shape index (κ3) is 1.55. The van der Waals surface area contributed by atoms with Crippen molar-refractivity contribution >= 4 is 0 Å². The largest absolute Gasteiger partial charge is 0.503 e. The van der Waals surface area contributed by atoms with Crippen molar-refractivity contribution in [3.05, 3.63) is 23.3 Å². The molecule has 3 nitrogen and oxygen atoms in total. The normalized spacial score (nSPS) is 10.2. The maximum atomic E-state index is 13.0. The molecule has 0 bridgehead atoms. The minimum Gasteiger partial charge on any atom is -0.503 e. The van der Waals surface area contributed by atoms with E-state index in [9.17, 15) is 8.78 Å². The van der Waals surface area contributed by atoms with Crippen LogP contribution in [-0.4, -0.2) is 17.3 Å². The molecule has 2 N–H and O–H groups in total. The van der Waals surface area contributed by atoms with Crippen LogP contribution in [0, 0.1) is 11.6 Å². The molecule has 0 aliphatic heterocycles. The Morgan fingerprint density at radius 1 is 1.46 bits per heavy atom. The van der Waals surface area contributed by atoms with E-state index in [-0.39, 0.29) is 11.3 Å². The standard InChI is InChI=1S/C8H8F2O3/c1-13-8-4(3-11)2-5(9)7(12)6(8)10/h2,11-12H,3H2,1H3. The molecular weight excluding hydrogens is 182 g/mol. The third-order valence-corrected chi connectivity index (χ3v) is 1.60. The second kappa shape index (κ2) is 3.57. The van der Waals surface area contributed by atoms with E-state index in [1.54, 1.807) is 0 Å². The molecule has 0 unspecified atom stereocenters. The molecular formula is C8H8F2O3. The number of ether oxygens (including phenoxy) is 1. The van der Waals surface area contributed by atoms with Crippen LogP contribution in [0.4, 0.5) is 8.78 Å². The summed E-state index contributed by atoms with van der Waals surface area (Å²) in [5.74, 6) is -3.77. The topological polar surface area (TPSA) is 49.7 Å². The molecule has 0 fully saturated rings. The Hall–Kier alpha value is -1.36. The lowest BCUT2D eigenvalue weighted by Crippen LogP contribution is -1.97. The minimum absolute atomic E-state index is 0.0460. The van der Waals surface area contributed by atoms with Crippen LogP contribution in [0.25, 0.3) is 0 Å². The van der Waals surface area contributed by atoms with Gasteiger partial charge in [-0.2, -0.15) is 4.39 Å². The van der Waals surface area contributed by atoms with E-state index in [0.717, 1.165) is 13.2 Å². The van der Waals surface area contributed by atoms with Gasteiger partial charge in [-0.25, -0.2) is 4.39 Å². The molecule has 0 spiro atoms. The smallest absolute Gasteiger partial charge is 0.210 e. The fourth-order valence-corrected chi connectivity index (χ4v) is 0.978. The van der Waals surface area contributed by atoms with Crippen LogP contribution >= 0.6 is 0 Å². The van der Waals surface area contributed by atoms with Gasteiger partial charge in [0.15, 0.2) is 17.3 Å². The predicted molar refractivity (Wildman–Crippen MR) is 40.5 cm³/mol. The van der Waals surface area contributed by atoms with E-state index in [4.69, 9.17) is 10.2 Å². The Kier molecular flexibility index (Phi) is 2.67. The van der Waals surface area contributed by atoms with Crippen LogP contribution in [0.1, 0.15) is 5.56 Å². The summed E-state index contributed by atoms with van der Waals surface area (Å²) >= 11 is 0. The van der Waals surface area contributed by atoms with Crippen molar-refractivity contribution < 1.29 is 23.7 Å². The van der Waals surface area contributed by atoms with Crippen LogP contribution in [-0.2, 0) is 6.61 Å². The Balaban J connectivity index is 3.39. The van der Waals surface area contributed by atoms with Gasteiger partial charge in [0.25, 0.3) is 0 Å². The number of phenols is 1. The number of methoxy groups -OCH3 is 1. The Morgan fingerprint density at radius 3 is 2.54 bits per heavy atom. The molecule has 13 heavy (non-hydrogen) atoms. The molecule has 0 atom stereocenters. The van der Waals surface area contributed by atoms with Gasteiger partial charge in [-0.3, -0.25) is 0 Å². The average Bonchev–Trinajstić information content (AvgIpc) is 2.13. The van der Waals surface area contributed by atoms with Gasteiger partial charge >= 0.3 is 0 Å². The highest BCUT2D eigenvalue weighted by molar-refractivity contribution is 5.42. The van der Waals surface area contributed by atoms with E-state index in [1.807, 2.05) is 0 Å². The molecule has 1 rings (SSSR count). The van der Waals surface area contributed by atoms with E-state index in [1.165, 1.54) is 0 Å². The SMILES string of the molecule is COc1c(CO)cc(F)c(O)c1F. The first-order valence-electron chi connectivity index (χ1n) is 3.46. The Bertz CT molecular complexity index is 326. The van der Waals surface area contributed by atoms with Crippen molar-refractivity contribution in [2.24, 2.45) is 0 Å². The van der Waals surface area contributed by atoms with Crippen molar-refractivity contribution in [3.8, 4) is 11.5 Å². The number of halogens is 2. The van der Waals surface area contributed by atoms with E-state index in [2.05, 4.69) is 4.74 Å². The molecule has 0 aromatic heterocycles. The molecule has 1 aromatic rings. The van der Waals surface area contributed by atoms with Crippen LogP contribution < -0.4 is 4.74 Å². The average molecular weight is 190 g/mol. The van der Waals surface area contributed by atoms with Gasteiger partial charge in [-0.1, -0.05) is 0 Å². The molecule has 0 aliphatic carbocycles. The molecule has 0 heterocycles. The number of benzene rings is 1. The van der Waals surface area contributed by atoms with Gasteiger partial charge in [-0.05, 0) is 6.07 Å². The van der Waals surface area contributed by atoms with Crippen molar-refractivity contribution in [1.29, 1.82) is 0 Å². The van der Waals surface area contributed by atoms with Crippen molar-refractivity contribution in [3.63, 3.8) is 0 Å². The molecule has 5 heteroatoms. The fourth-order valence-electron chi connectivity index (χ4n) is 0.978. The zero-order chi connectivity index (χ0) is 10.0. The van der Waals surface area contributed by atoms with Crippen molar-refractivity contribution in [2.45, 2.75) is 6.61 Å². The summed E-state index contributed by atoms with van der Waals surface area (Å²) in [5, 5.41) is 17.5. The predicted octanol–water partition coefficient (Wildman–Crippen LogP) is 1.17. The quantitative estimate of drug-likeness (QED) is 0.735. The van der Waals surface area contributed by atoms with Gasteiger partial charge in [-0.15, -0.1) is 0 Å². The number of rotatable bonds is 2. The van der Waals surface area contributed by atoms with Crippen LogP contribution in [0.15, 0.2) is 6.07 Å². The van der Waals surface area contributed by atoms with Crippen molar-refractivity contribution in [1.82, 2.24) is 0 Å². The fraction of sp³-hybridized carbons (Fsp3) is 0.250. The number of hydrogen-bond acceptors (Lipinski definition) is 3. The molecule has 72 valence electrons. The van der Waals surface area contributed by atoms with Crippen molar-refractivity contribution in [2.75, 3.05) is 7.11 Å². The molecule has 1 aromatic carbocycles. The van der Waals surface area contributed by atoms with Crippen LogP contribution in [0.3, 0.4) is 0 Å². The maximum Gasteiger partial charge on any atom is 0.210 e. The summed E-state index contributed by atoms with van der Waals surface area (Å²) in [4.78, 5) is 0. The highest BCUT2D eigenvalue weighted by Gasteiger charge is 2.17. The molecule has 0 aliphatic rings. The van der Waals surface area contributed by atoms with Gasteiger partial charge < -0.3 is 14.9 Å². The first-order chi connectivity index (χ1) is 6.11. The first-order valence-corrected chi connectivity index (χ1v) is 3.46. The number of hydrogen-bond donors (Lipinski definition) is 2. The highest BCUT2D eigenvalue weighted by Crippen LogP contribution is 2.32. The minimum atomic E-state index is -1.20. The third-order valence-electron chi connectivity index (χ3n) is 1.60. The molecule has 0 saturated heterocycles. The highest BCUT2D eigenvalue weighted by atomic mass is 19.1. The summed E-state index contributed by atoms with van der Waals surface area (Å²) < 4.78 is 30.2. The zero-order valence-electron chi connectivity index (χ0n) is 6.84. The summed E-state index contributed by atoms with van der Waals surface area (Å²) in [6.07, 6.45) is 0. The zero-order valence-corrected chi connectivity index (χ0v) is 6.84. The number of aliphatic hydroxyl groups excluding tert-OH is 1. The number of aliphatic hydroxyl groups is 1. The van der Waals surface area contributed by atoms with E-state index >= 15 is 0 Å². The van der Waals surface area contributed by atoms with E-state index in [0.29, 0.717) is 0 Å². The second-order valence-corrected chi connectivity index (χ2v) is 2.37. The monoisotopic (exact) mass is 190 g/mol. The maximum absolute atomic E-state index is 13.0. The lowest BCUT2D eigenvalue weighted by atomic mass is 10.2. The van der Waals surface area contributed by atoms with Gasteiger partial charge in [0, 0.05) is 5.56 Å². The van der Waals surface area contributed by atoms with Crippen LogP contribution in [0.2, 0.25) is 0 Å². The molecule has 0 saturated carbocycles. The molecule has 0 radical (unpaired) electrons. The second-order valence-electron chi connectivity index (χ2n) is 2.37. The van der Waals surface area contributed by atoms with Crippen LogP contribution in [0.5, 0.6) is 11.5 Å². The van der Waals surface area contributed by atoms with Gasteiger partial charge in [0.1, 0.15) is 0 Å². The Labute approximate surface area is 73.2 Å². The summed E-state index contributed by atoms with van der Waals surface area (Å²) in [7, 11) is 1.16. The first kappa shape index (κ1) is 9.73. The van der Waals surface area contributed by atoms with Gasteiger partial charge in [0.05, 0.1) is 13.7 Å². The summed E-state index contributed by atoms with van der Waals surface area (Å²) in [6.45, 7) is -0.558. The number of phenolic OH excluding ortho intramolecular Hbond substituents is 1. The van der Waals surface area contributed by atoms with E-state index < -0.39 is 24.0 Å². The van der Waals surface area contributed by atoms with Gasteiger partial charge in [0.2, 0.25) is 5.82 Å². The Morgan fingerprint density at radius 2 is 2.08 bits per heavy atom. The molecule has 0 amide bonds. The lowest BCUT2D eigenvalue weighted by molar-refractivity contribution is 0.267. The lowest BCUT2D eigenvalue weighted by Gasteiger charge is -2.08. The number of aromatic hydroxyl groups is 1.